The highest BCUT2D eigenvalue weighted by molar-refractivity contribution is 5.76. The van der Waals surface area contributed by atoms with Gasteiger partial charge in [0.1, 0.15) is 0 Å². The second-order valence-corrected chi connectivity index (χ2v) is 20.0. The van der Waals surface area contributed by atoms with Gasteiger partial charge in [0.25, 0.3) is 0 Å². The largest absolute Gasteiger partial charge is 0.466 e. The standard InChI is InChI=1S/C60H113NO5/c1-3-5-7-9-11-13-15-28-32-36-40-44-48-52-58(63)57(56-62)61-59(64)53-49-45-41-37-33-30-26-24-22-20-18-17-19-21-23-25-27-31-35-39-43-47-51-55-66-60(65)54-50-46-42-38-34-29-16-14-12-10-8-6-4-2/h8,10,14,16,20,22,57-58,62-63H,3-7,9,11-13,15,17-19,21,23-56H2,1-2H3,(H,61,64)/b10-8-,16-14-,22-20-. The quantitative estimate of drug-likeness (QED) is 0.0321. The fourth-order valence-corrected chi connectivity index (χ4v) is 8.91. The van der Waals surface area contributed by atoms with Crippen molar-refractivity contribution in [1.82, 2.24) is 5.32 Å². The Bertz CT molecular complexity index is 1070. The molecule has 0 saturated heterocycles. The van der Waals surface area contributed by atoms with E-state index < -0.39 is 12.1 Å². The molecule has 2 atom stereocenters. The summed E-state index contributed by atoms with van der Waals surface area (Å²) in [6.07, 6.45) is 68.6. The highest BCUT2D eigenvalue weighted by Crippen LogP contribution is 2.17. The van der Waals surface area contributed by atoms with Crippen molar-refractivity contribution in [2.75, 3.05) is 13.2 Å². The van der Waals surface area contributed by atoms with Crippen LogP contribution < -0.4 is 5.32 Å². The Hall–Kier alpha value is -1.92. The van der Waals surface area contributed by atoms with Crippen molar-refractivity contribution < 1.29 is 24.5 Å². The third-order valence-corrected chi connectivity index (χ3v) is 13.4. The monoisotopic (exact) mass is 928 g/mol. The summed E-state index contributed by atoms with van der Waals surface area (Å²) < 4.78 is 5.46. The van der Waals surface area contributed by atoms with Gasteiger partial charge in [0.2, 0.25) is 5.91 Å². The summed E-state index contributed by atoms with van der Waals surface area (Å²) in [7, 11) is 0. The van der Waals surface area contributed by atoms with Crippen LogP contribution in [0.1, 0.15) is 309 Å². The van der Waals surface area contributed by atoms with Gasteiger partial charge >= 0.3 is 5.97 Å². The van der Waals surface area contributed by atoms with Crippen LogP contribution in [0.25, 0.3) is 0 Å². The van der Waals surface area contributed by atoms with Gasteiger partial charge in [-0.15, -0.1) is 0 Å². The first-order chi connectivity index (χ1) is 32.5. The molecule has 0 bridgehead atoms. The van der Waals surface area contributed by atoms with Gasteiger partial charge in [-0.1, -0.05) is 256 Å². The minimum absolute atomic E-state index is 0.00411. The van der Waals surface area contributed by atoms with Gasteiger partial charge in [-0.3, -0.25) is 9.59 Å². The molecule has 6 heteroatoms. The number of unbranched alkanes of at least 4 members (excludes halogenated alkanes) is 37. The number of hydrogen-bond donors (Lipinski definition) is 3. The third-order valence-electron chi connectivity index (χ3n) is 13.4. The second kappa shape index (κ2) is 55.7. The maximum absolute atomic E-state index is 12.5. The fourth-order valence-electron chi connectivity index (χ4n) is 8.91. The van der Waals surface area contributed by atoms with E-state index >= 15 is 0 Å². The lowest BCUT2D eigenvalue weighted by Crippen LogP contribution is -2.45. The molecule has 0 aromatic carbocycles. The Labute approximate surface area is 411 Å². The third kappa shape index (κ3) is 51.5. The zero-order chi connectivity index (χ0) is 47.9. The van der Waals surface area contributed by atoms with Crippen LogP contribution >= 0.6 is 0 Å². The van der Waals surface area contributed by atoms with Gasteiger partial charge in [-0.05, 0) is 77.0 Å². The molecule has 0 heterocycles. The molecule has 0 radical (unpaired) electrons. The Balaban J connectivity index is 3.41. The lowest BCUT2D eigenvalue weighted by atomic mass is 10.0. The zero-order valence-corrected chi connectivity index (χ0v) is 44.2. The van der Waals surface area contributed by atoms with Gasteiger partial charge < -0.3 is 20.3 Å². The van der Waals surface area contributed by atoms with E-state index in [0.717, 1.165) is 51.4 Å². The fraction of sp³-hybridized carbons (Fsp3) is 0.867. The molecule has 1 amide bonds. The maximum Gasteiger partial charge on any atom is 0.305 e. The van der Waals surface area contributed by atoms with E-state index in [-0.39, 0.29) is 18.5 Å². The number of carbonyl (C=O) groups excluding carboxylic acids is 2. The molecule has 0 spiro atoms. The van der Waals surface area contributed by atoms with E-state index in [1.54, 1.807) is 0 Å². The van der Waals surface area contributed by atoms with Crippen molar-refractivity contribution in [2.45, 2.75) is 321 Å². The van der Waals surface area contributed by atoms with Crippen LogP contribution in [-0.2, 0) is 14.3 Å². The number of esters is 1. The topological polar surface area (TPSA) is 95.9 Å². The smallest absolute Gasteiger partial charge is 0.305 e. The first kappa shape index (κ1) is 64.1. The van der Waals surface area contributed by atoms with E-state index in [2.05, 4.69) is 55.6 Å². The molecule has 388 valence electrons. The van der Waals surface area contributed by atoms with Gasteiger partial charge in [0.15, 0.2) is 0 Å². The highest BCUT2D eigenvalue weighted by Gasteiger charge is 2.20. The predicted molar refractivity (Wildman–Crippen MR) is 287 cm³/mol. The predicted octanol–water partition coefficient (Wildman–Crippen LogP) is 18.0. The van der Waals surface area contributed by atoms with Crippen molar-refractivity contribution >= 4 is 11.9 Å². The molecule has 3 N–H and O–H groups in total. The maximum atomic E-state index is 12.5. The van der Waals surface area contributed by atoms with E-state index in [1.165, 1.54) is 225 Å². The van der Waals surface area contributed by atoms with E-state index in [1.807, 2.05) is 0 Å². The zero-order valence-electron chi connectivity index (χ0n) is 44.2. The van der Waals surface area contributed by atoms with Crippen LogP contribution in [0.3, 0.4) is 0 Å². The van der Waals surface area contributed by atoms with Crippen molar-refractivity contribution in [3.05, 3.63) is 36.5 Å². The van der Waals surface area contributed by atoms with E-state index in [4.69, 9.17) is 4.74 Å². The number of allylic oxidation sites excluding steroid dienone is 6. The van der Waals surface area contributed by atoms with E-state index in [0.29, 0.717) is 25.9 Å². The summed E-state index contributed by atoms with van der Waals surface area (Å²) in [5.74, 6) is -0.0454. The molecular formula is C60H113NO5. The number of ether oxygens (including phenoxy) is 1. The molecular weight excluding hydrogens is 815 g/mol. The summed E-state index contributed by atoms with van der Waals surface area (Å²) in [5.41, 5.74) is 0. The average Bonchev–Trinajstić information content (AvgIpc) is 3.32. The number of amides is 1. The molecule has 0 aromatic rings. The molecule has 0 aliphatic heterocycles. The number of carbonyl (C=O) groups is 2. The number of aliphatic hydroxyl groups is 2. The number of rotatable bonds is 54. The van der Waals surface area contributed by atoms with Gasteiger partial charge in [0, 0.05) is 12.8 Å². The van der Waals surface area contributed by atoms with Crippen LogP contribution in [-0.4, -0.2) is 47.4 Å². The molecule has 2 unspecified atom stereocenters. The molecule has 0 rings (SSSR count). The summed E-state index contributed by atoms with van der Waals surface area (Å²) in [6, 6.07) is -0.545. The number of hydrogen-bond acceptors (Lipinski definition) is 5. The van der Waals surface area contributed by atoms with Gasteiger partial charge in [-0.25, -0.2) is 0 Å². The van der Waals surface area contributed by atoms with Crippen molar-refractivity contribution in [2.24, 2.45) is 0 Å². The minimum Gasteiger partial charge on any atom is -0.466 e. The van der Waals surface area contributed by atoms with Crippen LogP contribution in [0.2, 0.25) is 0 Å². The Morgan fingerprint density at radius 2 is 0.788 bits per heavy atom. The summed E-state index contributed by atoms with van der Waals surface area (Å²) in [5, 5.41) is 23.2. The Morgan fingerprint density at radius 3 is 1.23 bits per heavy atom. The van der Waals surface area contributed by atoms with Crippen molar-refractivity contribution in [3.63, 3.8) is 0 Å². The number of aliphatic hydroxyl groups excluding tert-OH is 2. The van der Waals surface area contributed by atoms with E-state index in [9.17, 15) is 19.8 Å². The number of nitrogens with one attached hydrogen (secondary N) is 1. The average molecular weight is 929 g/mol. The van der Waals surface area contributed by atoms with Crippen LogP contribution in [0.5, 0.6) is 0 Å². The van der Waals surface area contributed by atoms with Gasteiger partial charge in [0.05, 0.1) is 25.4 Å². The van der Waals surface area contributed by atoms with Crippen LogP contribution in [0.4, 0.5) is 0 Å². The minimum atomic E-state index is -0.667. The van der Waals surface area contributed by atoms with Gasteiger partial charge in [-0.2, -0.15) is 0 Å². The summed E-state index contributed by atoms with van der Waals surface area (Å²) >= 11 is 0. The molecule has 0 aromatic heterocycles. The first-order valence-electron chi connectivity index (χ1n) is 29.2. The second-order valence-electron chi connectivity index (χ2n) is 20.0. The molecule has 66 heavy (non-hydrogen) atoms. The van der Waals surface area contributed by atoms with Crippen LogP contribution in [0, 0.1) is 0 Å². The molecule has 0 aliphatic carbocycles. The summed E-state index contributed by atoms with van der Waals surface area (Å²) in [6.45, 7) is 4.88. The van der Waals surface area contributed by atoms with Crippen molar-refractivity contribution in [3.8, 4) is 0 Å². The lowest BCUT2D eigenvalue weighted by molar-refractivity contribution is -0.143. The molecule has 0 aliphatic rings. The normalized spacial score (nSPS) is 12.8. The SMILES string of the molecule is CCC/C=C\C/C=C\CCCCCCCC(=O)OCCCCCCCCCCCCCC/C=C\CCCCCCCCCC(=O)NC(CO)C(O)CCCCCCCCCCCCCCC. The van der Waals surface area contributed by atoms with Crippen molar-refractivity contribution in [1.29, 1.82) is 0 Å². The highest BCUT2D eigenvalue weighted by atomic mass is 16.5. The molecule has 6 nitrogen and oxygen atoms in total. The Morgan fingerprint density at radius 1 is 0.424 bits per heavy atom. The molecule has 0 fully saturated rings. The Kier molecular flexibility index (Phi) is 54.1. The lowest BCUT2D eigenvalue weighted by Gasteiger charge is -2.22. The summed E-state index contributed by atoms with van der Waals surface area (Å²) in [4.78, 5) is 24.5. The first-order valence-corrected chi connectivity index (χ1v) is 29.2. The molecule has 0 saturated carbocycles. The van der Waals surface area contributed by atoms with Crippen LogP contribution in [0.15, 0.2) is 36.5 Å².